The third-order valence-corrected chi connectivity index (χ3v) is 6.63. The molecule has 2 N–H and O–H groups in total. The van der Waals surface area contributed by atoms with Crippen LogP contribution < -0.4 is 10.6 Å². The van der Waals surface area contributed by atoms with Gasteiger partial charge in [0, 0.05) is 31.8 Å². The number of ketones is 1. The quantitative estimate of drug-likeness (QED) is 0.449. The molecule has 0 radical (unpaired) electrons. The van der Waals surface area contributed by atoms with Gasteiger partial charge in [-0.25, -0.2) is 8.78 Å². The lowest BCUT2D eigenvalue weighted by Gasteiger charge is -2.27. The molecule has 192 valence electrons. The van der Waals surface area contributed by atoms with Crippen LogP contribution >= 0.6 is 0 Å². The topological polar surface area (TPSA) is 105 Å². The molecule has 8 nitrogen and oxygen atoms in total. The van der Waals surface area contributed by atoms with Crippen molar-refractivity contribution in [2.24, 2.45) is 11.3 Å². The molecule has 3 atom stereocenters. The van der Waals surface area contributed by atoms with E-state index in [1.807, 2.05) is 0 Å². The monoisotopic (exact) mass is 497 g/mol. The third kappa shape index (κ3) is 7.09. The SMILES string of the molecule is CC(F)(F)CCC(=O)N1CC2(CC2)C[C@H]1C(=O)N[C@@H](C[C@@H]1CCNC1=O)C(=O)COC(F)(F)F. The van der Waals surface area contributed by atoms with Crippen LogP contribution in [0.15, 0.2) is 0 Å². The van der Waals surface area contributed by atoms with Crippen LogP contribution in [0, 0.1) is 11.3 Å². The molecule has 13 heteroatoms. The van der Waals surface area contributed by atoms with Gasteiger partial charge in [-0.2, -0.15) is 0 Å². The van der Waals surface area contributed by atoms with Gasteiger partial charge in [0.2, 0.25) is 23.6 Å². The standard InChI is InChI=1S/C21H28F5N3O5/c1-19(22,23)4-2-16(31)29-11-20(5-6-20)9-14(29)18(33)28-13(8-12-3-7-27-17(12)32)15(30)10-34-21(24,25)26/h12-14H,2-11H2,1H3,(H,27,32)(H,28,33)/t12-,13-,14-/m0/s1. The van der Waals surface area contributed by atoms with Crippen molar-refractivity contribution in [3.8, 4) is 0 Å². The summed E-state index contributed by atoms with van der Waals surface area (Å²) in [4.78, 5) is 51.3. The van der Waals surface area contributed by atoms with E-state index in [-0.39, 0.29) is 30.7 Å². The van der Waals surface area contributed by atoms with Crippen molar-refractivity contribution >= 4 is 23.5 Å². The fourth-order valence-corrected chi connectivity index (χ4v) is 4.51. The van der Waals surface area contributed by atoms with E-state index in [1.165, 1.54) is 4.90 Å². The predicted octanol–water partition coefficient (Wildman–Crippen LogP) is 1.92. The molecule has 2 heterocycles. The molecule has 0 aromatic rings. The Hall–Kier alpha value is -2.31. The zero-order valence-electron chi connectivity index (χ0n) is 18.7. The Bertz CT molecular complexity index is 825. The first-order valence-corrected chi connectivity index (χ1v) is 11.2. The highest BCUT2D eigenvalue weighted by Crippen LogP contribution is 2.55. The molecule has 2 aliphatic heterocycles. The van der Waals surface area contributed by atoms with Crippen LogP contribution in [0.1, 0.15) is 51.9 Å². The number of carbonyl (C=O) groups is 4. The zero-order chi connectivity index (χ0) is 25.3. The molecule has 3 aliphatic rings. The van der Waals surface area contributed by atoms with Crippen molar-refractivity contribution in [1.82, 2.24) is 15.5 Å². The first-order valence-electron chi connectivity index (χ1n) is 11.2. The minimum absolute atomic E-state index is 0.217. The van der Waals surface area contributed by atoms with E-state index < -0.39 is 67.3 Å². The predicted molar refractivity (Wildman–Crippen MR) is 106 cm³/mol. The summed E-state index contributed by atoms with van der Waals surface area (Å²) in [6, 6.07) is -2.46. The summed E-state index contributed by atoms with van der Waals surface area (Å²) >= 11 is 0. The molecule has 3 amide bonds. The van der Waals surface area contributed by atoms with E-state index >= 15 is 0 Å². The summed E-state index contributed by atoms with van der Waals surface area (Å²) in [5, 5.41) is 4.96. The smallest absolute Gasteiger partial charge is 0.356 e. The first-order chi connectivity index (χ1) is 15.7. The lowest BCUT2D eigenvalue weighted by Crippen LogP contribution is -2.52. The average Bonchev–Trinajstić information content (AvgIpc) is 3.18. The first kappa shape index (κ1) is 26.3. The number of carbonyl (C=O) groups excluding carboxylic acids is 4. The van der Waals surface area contributed by atoms with E-state index in [0.29, 0.717) is 19.9 Å². The Morgan fingerprint density at radius 2 is 1.91 bits per heavy atom. The highest BCUT2D eigenvalue weighted by Gasteiger charge is 2.55. The van der Waals surface area contributed by atoms with Gasteiger partial charge in [0.1, 0.15) is 12.6 Å². The highest BCUT2D eigenvalue weighted by molar-refractivity contribution is 5.94. The number of rotatable bonds is 10. The van der Waals surface area contributed by atoms with Gasteiger partial charge in [0.25, 0.3) is 0 Å². The summed E-state index contributed by atoms with van der Waals surface area (Å²) in [5.41, 5.74) is -0.281. The van der Waals surface area contributed by atoms with Crippen LogP contribution in [-0.4, -0.2) is 72.5 Å². The van der Waals surface area contributed by atoms with Gasteiger partial charge in [0.15, 0.2) is 5.78 Å². The lowest BCUT2D eigenvalue weighted by atomic mass is 9.95. The summed E-state index contributed by atoms with van der Waals surface area (Å²) < 4.78 is 67.3. The maximum atomic E-state index is 13.2. The van der Waals surface area contributed by atoms with E-state index in [9.17, 15) is 41.1 Å². The maximum absolute atomic E-state index is 13.2. The number of nitrogens with one attached hydrogen (secondary N) is 2. The molecule has 3 fully saturated rings. The number of likely N-dealkylation sites (tertiary alicyclic amines) is 1. The molecule has 34 heavy (non-hydrogen) atoms. The van der Waals surface area contributed by atoms with Gasteiger partial charge in [0.05, 0.1) is 6.04 Å². The molecule has 0 bridgehead atoms. The third-order valence-electron chi connectivity index (χ3n) is 6.63. The number of amides is 3. The van der Waals surface area contributed by atoms with Crippen LogP contribution in [0.5, 0.6) is 0 Å². The number of Topliss-reactive ketones (excluding diaryl/α,β-unsaturated/α-hetero) is 1. The van der Waals surface area contributed by atoms with Crippen molar-refractivity contribution in [1.29, 1.82) is 0 Å². The highest BCUT2D eigenvalue weighted by atomic mass is 19.4. The Morgan fingerprint density at radius 3 is 2.44 bits per heavy atom. The van der Waals surface area contributed by atoms with Gasteiger partial charge in [-0.3, -0.25) is 23.9 Å². The van der Waals surface area contributed by atoms with Gasteiger partial charge < -0.3 is 15.5 Å². The van der Waals surface area contributed by atoms with Crippen molar-refractivity contribution < 1.29 is 45.9 Å². The largest absolute Gasteiger partial charge is 0.522 e. The van der Waals surface area contributed by atoms with Gasteiger partial charge in [-0.15, -0.1) is 13.2 Å². The minimum Gasteiger partial charge on any atom is -0.356 e. The molecule has 3 rings (SSSR count). The van der Waals surface area contributed by atoms with Crippen molar-refractivity contribution in [3.63, 3.8) is 0 Å². The zero-order valence-corrected chi connectivity index (χ0v) is 18.7. The second kappa shape index (κ2) is 9.74. The molecule has 1 saturated carbocycles. The molecule has 1 aliphatic carbocycles. The second-order valence-electron chi connectivity index (χ2n) is 9.59. The molecular weight excluding hydrogens is 469 g/mol. The normalized spacial score (nSPS) is 24.8. The molecule has 1 spiro atoms. The van der Waals surface area contributed by atoms with Crippen molar-refractivity contribution in [2.45, 2.75) is 76.2 Å². The van der Waals surface area contributed by atoms with Crippen molar-refractivity contribution in [2.75, 3.05) is 19.7 Å². The molecule has 0 aromatic heterocycles. The number of halogens is 5. The van der Waals surface area contributed by atoms with Crippen molar-refractivity contribution in [3.05, 3.63) is 0 Å². The summed E-state index contributed by atoms with van der Waals surface area (Å²) in [6.07, 6.45) is -4.28. The molecule has 0 unspecified atom stereocenters. The van der Waals surface area contributed by atoms with Gasteiger partial charge in [-0.05, 0) is 44.4 Å². The van der Waals surface area contributed by atoms with Gasteiger partial charge in [-0.1, -0.05) is 0 Å². The van der Waals surface area contributed by atoms with Gasteiger partial charge >= 0.3 is 6.36 Å². The summed E-state index contributed by atoms with van der Waals surface area (Å²) in [7, 11) is 0. The van der Waals surface area contributed by atoms with Crippen LogP contribution in [-0.2, 0) is 23.9 Å². The minimum atomic E-state index is -5.05. The number of hydrogen-bond acceptors (Lipinski definition) is 5. The second-order valence-corrected chi connectivity index (χ2v) is 9.59. The number of nitrogens with zero attached hydrogens (tertiary/aromatic N) is 1. The van der Waals surface area contributed by atoms with Crippen LogP contribution in [0.2, 0.25) is 0 Å². The number of ether oxygens (including phenoxy) is 1. The van der Waals surface area contributed by atoms with E-state index in [1.54, 1.807) is 0 Å². The Kier molecular flexibility index (Phi) is 7.54. The fourth-order valence-electron chi connectivity index (χ4n) is 4.51. The molecular formula is C21H28F5N3O5. The van der Waals surface area contributed by atoms with E-state index in [4.69, 9.17) is 0 Å². The van der Waals surface area contributed by atoms with E-state index in [0.717, 1.165) is 12.8 Å². The van der Waals surface area contributed by atoms with Crippen LogP contribution in [0.4, 0.5) is 22.0 Å². The fraction of sp³-hybridized carbons (Fsp3) is 0.810. The van der Waals surface area contributed by atoms with E-state index in [2.05, 4.69) is 15.4 Å². The summed E-state index contributed by atoms with van der Waals surface area (Å²) in [5.74, 6) is -6.55. The Balaban J connectivity index is 1.70. The molecule has 0 aromatic carbocycles. The average molecular weight is 497 g/mol. The Morgan fingerprint density at radius 1 is 1.24 bits per heavy atom. The van der Waals surface area contributed by atoms with Crippen LogP contribution in [0.25, 0.3) is 0 Å². The number of hydrogen-bond donors (Lipinski definition) is 2. The Labute approximate surface area is 192 Å². The van der Waals surface area contributed by atoms with Crippen LogP contribution in [0.3, 0.4) is 0 Å². The molecule has 2 saturated heterocycles. The lowest BCUT2D eigenvalue weighted by molar-refractivity contribution is -0.321. The number of alkyl halides is 5. The maximum Gasteiger partial charge on any atom is 0.522 e. The summed E-state index contributed by atoms with van der Waals surface area (Å²) in [6.45, 7) is -0.0895.